The van der Waals surface area contributed by atoms with Gasteiger partial charge in [0.1, 0.15) is 0 Å². The van der Waals surface area contributed by atoms with Crippen LogP contribution in [0.15, 0.2) is 43.0 Å². The van der Waals surface area contributed by atoms with Gasteiger partial charge in [0.05, 0.1) is 17.1 Å². The number of aromatic amines is 1. The maximum absolute atomic E-state index is 8.99. The molecule has 0 amide bonds. The zero-order valence-electron chi connectivity index (χ0n) is 11.4. The largest absolute Gasteiger partial charge is 0.368 e. The number of hydrogen-bond donors (Lipinski definition) is 2. The minimum absolute atomic E-state index is 0.228. The highest BCUT2D eigenvalue weighted by Crippen LogP contribution is 2.32. The van der Waals surface area contributed by atoms with E-state index in [-0.39, 0.29) is 5.95 Å². The summed E-state index contributed by atoms with van der Waals surface area (Å²) in [5.74, 6) is 0.228. The lowest BCUT2D eigenvalue weighted by molar-refractivity contribution is 1.22. The second kappa shape index (κ2) is 4.53. The molecule has 6 nitrogen and oxygen atoms in total. The molecule has 0 radical (unpaired) electrons. The first kappa shape index (κ1) is 12.3. The average Bonchev–Trinajstić information content (AvgIpc) is 2.97. The van der Waals surface area contributed by atoms with Crippen molar-refractivity contribution in [2.24, 2.45) is 0 Å². The summed E-state index contributed by atoms with van der Waals surface area (Å²) in [5, 5.41) is 10.8. The number of nitriles is 1. The Morgan fingerprint density at radius 2 is 2.05 bits per heavy atom. The van der Waals surface area contributed by atoms with E-state index in [0.29, 0.717) is 5.56 Å². The summed E-state index contributed by atoms with van der Waals surface area (Å²) in [6.45, 7) is 0. The predicted molar refractivity (Wildman–Crippen MR) is 83.8 cm³/mol. The number of rotatable bonds is 1. The van der Waals surface area contributed by atoms with Crippen molar-refractivity contribution in [3.63, 3.8) is 0 Å². The lowest BCUT2D eigenvalue weighted by Gasteiger charge is -2.04. The fourth-order valence-corrected chi connectivity index (χ4v) is 2.58. The molecule has 3 N–H and O–H groups in total. The molecule has 1 aromatic carbocycles. The summed E-state index contributed by atoms with van der Waals surface area (Å²) in [6.07, 6.45) is 7.02. The van der Waals surface area contributed by atoms with E-state index in [1.165, 1.54) is 0 Å². The molecule has 104 valence electrons. The average molecular weight is 286 g/mol. The molecule has 0 saturated heterocycles. The van der Waals surface area contributed by atoms with Gasteiger partial charge >= 0.3 is 0 Å². The summed E-state index contributed by atoms with van der Waals surface area (Å²) >= 11 is 0. The van der Waals surface area contributed by atoms with Crippen LogP contribution in [0.1, 0.15) is 5.56 Å². The Hall–Kier alpha value is -3.46. The van der Waals surface area contributed by atoms with Crippen LogP contribution in [0.3, 0.4) is 0 Å². The molecule has 0 spiro atoms. The molecule has 6 heteroatoms. The van der Waals surface area contributed by atoms with Crippen LogP contribution in [0.2, 0.25) is 0 Å². The first-order valence-corrected chi connectivity index (χ1v) is 6.64. The summed E-state index contributed by atoms with van der Waals surface area (Å²) < 4.78 is 0. The predicted octanol–water partition coefficient (Wildman–Crippen LogP) is 2.63. The molecule has 22 heavy (non-hydrogen) atoms. The van der Waals surface area contributed by atoms with Gasteiger partial charge < -0.3 is 10.7 Å². The standard InChI is InChI=1S/C16H10N6/c17-4-9-1-2-11-12(8-20-14(11)3-9)13-7-19-5-10-6-21-16(18)22-15(10)13/h1-3,5-8,20H,(H2,18,21,22). The zero-order chi connectivity index (χ0) is 15.1. The number of pyridine rings is 1. The topological polar surface area (TPSA) is 104 Å². The normalized spacial score (nSPS) is 10.9. The van der Waals surface area contributed by atoms with Crippen LogP contribution in [0.5, 0.6) is 0 Å². The van der Waals surface area contributed by atoms with Gasteiger partial charge in [-0.3, -0.25) is 4.98 Å². The fourth-order valence-electron chi connectivity index (χ4n) is 2.58. The quantitative estimate of drug-likeness (QED) is 0.559. The van der Waals surface area contributed by atoms with E-state index in [0.717, 1.165) is 32.9 Å². The molecule has 4 aromatic rings. The van der Waals surface area contributed by atoms with Crippen LogP contribution in [-0.4, -0.2) is 19.9 Å². The third-order valence-corrected chi connectivity index (χ3v) is 3.61. The van der Waals surface area contributed by atoms with Crippen LogP contribution < -0.4 is 5.73 Å². The highest BCUT2D eigenvalue weighted by atomic mass is 15.0. The van der Waals surface area contributed by atoms with E-state index in [1.54, 1.807) is 24.7 Å². The number of nitrogens with two attached hydrogens (primary N) is 1. The Morgan fingerprint density at radius 3 is 2.91 bits per heavy atom. The number of hydrogen-bond acceptors (Lipinski definition) is 5. The van der Waals surface area contributed by atoms with Crippen molar-refractivity contribution in [2.75, 3.05) is 5.73 Å². The molecular weight excluding hydrogens is 276 g/mol. The number of anilines is 1. The smallest absolute Gasteiger partial charge is 0.220 e. The highest BCUT2D eigenvalue weighted by molar-refractivity contribution is 6.03. The summed E-state index contributed by atoms with van der Waals surface area (Å²) in [7, 11) is 0. The number of nitrogens with one attached hydrogen (secondary N) is 1. The van der Waals surface area contributed by atoms with Crippen molar-refractivity contribution in [2.45, 2.75) is 0 Å². The monoisotopic (exact) mass is 286 g/mol. The van der Waals surface area contributed by atoms with E-state index in [1.807, 2.05) is 18.3 Å². The number of nitrogen functional groups attached to an aromatic ring is 1. The van der Waals surface area contributed by atoms with Crippen LogP contribution in [-0.2, 0) is 0 Å². The minimum atomic E-state index is 0.228. The van der Waals surface area contributed by atoms with Crippen molar-refractivity contribution in [3.05, 3.63) is 48.5 Å². The Bertz CT molecular complexity index is 1060. The van der Waals surface area contributed by atoms with Gasteiger partial charge in [0.2, 0.25) is 5.95 Å². The molecule has 3 heterocycles. The molecule has 0 bridgehead atoms. The Balaban J connectivity index is 2.03. The Labute approximate surface area is 125 Å². The second-order valence-electron chi connectivity index (χ2n) is 4.93. The maximum atomic E-state index is 8.99. The van der Waals surface area contributed by atoms with E-state index in [4.69, 9.17) is 11.0 Å². The number of fused-ring (bicyclic) bond motifs is 2. The van der Waals surface area contributed by atoms with Gasteiger partial charge in [-0.2, -0.15) is 5.26 Å². The summed E-state index contributed by atoms with van der Waals surface area (Å²) in [5.41, 5.74) is 9.82. The number of H-pyrrole nitrogens is 1. The van der Waals surface area contributed by atoms with E-state index < -0.39 is 0 Å². The molecule has 3 aromatic heterocycles. The first-order valence-electron chi connectivity index (χ1n) is 6.64. The van der Waals surface area contributed by atoms with Crippen LogP contribution in [0.4, 0.5) is 5.95 Å². The van der Waals surface area contributed by atoms with E-state index >= 15 is 0 Å². The van der Waals surface area contributed by atoms with Crippen molar-refractivity contribution < 1.29 is 0 Å². The maximum Gasteiger partial charge on any atom is 0.220 e. The van der Waals surface area contributed by atoms with Gasteiger partial charge in [-0.1, -0.05) is 6.07 Å². The summed E-state index contributed by atoms with van der Waals surface area (Å²) in [4.78, 5) is 15.8. The van der Waals surface area contributed by atoms with Crippen molar-refractivity contribution >= 4 is 27.8 Å². The molecule has 0 unspecified atom stereocenters. The molecule has 0 saturated carbocycles. The van der Waals surface area contributed by atoms with Gasteiger partial charge in [0.25, 0.3) is 0 Å². The molecule has 0 aliphatic heterocycles. The van der Waals surface area contributed by atoms with Gasteiger partial charge in [0.15, 0.2) is 0 Å². The molecule has 0 aliphatic rings. The van der Waals surface area contributed by atoms with Gasteiger partial charge in [-0.25, -0.2) is 9.97 Å². The molecule has 0 aliphatic carbocycles. The van der Waals surface area contributed by atoms with Crippen LogP contribution >= 0.6 is 0 Å². The van der Waals surface area contributed by atoms with Crippen molar-refractivity contribution in [1.82, 2.24) is 19.9 Å². The molecular formula is C16H10N6. The summed E-state index contributed by atoms with van der Waals surface area (Å²) in [6, 6.07) is 7.67. The molecule has 0 atom stereocenters. The van der Waals surface area contributed by atoms with Gasteiger partial charge in [0, 0.05) is 52.2 Å². The Morgan fingerprint density at radius 1 is 1.14 bits per heavy atom. The van der Waals surface area contributed by atoms with E-state index in [2.05, 4.69) is 26.0 Å². The lowest BCUT2D eigenvalue weighted by atomic mass is 10.0. The first-order chi connectivity index (χ1) is 10.8. The van der Waals surface area contributed by atoms with Crippen LogP contribution in [0.25, 0.3) is 32.9 Å². The van der Waals surface area contributed by atoms with E-state index in [9.17, 15) is 0 Å². The Kier molecular flexibility index (Phi) is 2.53. The van der Waals surface area contributed by atoms with Gasteiger partial charge in [-0.15, -0.1) is 0 Å². The molecule has 4 rings (SSSR count). The number of nitrogens with zero attached hydrogens (tertiary/aromatic N) is 4. The number of aromatic nitrogens is 4. The third kappa shape index (κ3) is 1.77. The highest BCUT2D eigenvalue weighted by Gasteiger charge is 2.12. The van der Waals surface area contributed by atoms with Crippen molar-refractivity contribution in [3.8, 4) is 17.2 Å². The molecule has 0 fully saturated rings. The third-order valence-electron chi connectivity index (χ3n) is 3.61. The minimum Gasteiger partial charge on any atom is -0.368 e. The van der Waals surface area contributed by atoms with Crippen LogP contribution in [0, 0.1) is 11.3 Å². The zero-order valence-corrected chi connectivity index (χ0v) is 11.4. The van der Waals surface area contributed by atoms with Gasteiger partial charge in [-0.05, 0) is 12.1 Å². The van der Waals surface area contributed by atoms with Crippen molar-refractivity contribution in [1.29, 1.82) is 5.26 Å². The lowest BCUT2D eigenvalue weighted by Crippen LogP contribution is -1.96. The fraction of sp³-hybridized carbons (Fsp3) is 0. The number of benzene rings is 1. The SMILES string of the molecule is N#Cc1ccc2c(-c3cncc4cnc(N)nc34)c[nH]c2c1. The second-order valence-corrected chi connectivity index (χ2v) is 4.93.